The zero-order chi connectivity index (χ0) is 27.2. The Hall–Kier alpha value is -3.50. The van der Waals surface area contributed by atoms with Gasteiger partial charge in [0.05, 0.1) is 11.8 Å². The monoisotopic (exact) mass is 534 g/mol. The number of aromatic nitrogens is 3. The number of carbonyl (C=O) groups excluding carboxylic acids is 1. The zero-order valence-corrected chi connectivity index (χ0v) is 22.8. The number of β-amino-alcohol motifs (C(OH)–C–C–N with tert-alkyl or cyclic N) is 1. The molecule has 1 fully saturated rings. The molecule has 0 radical (unpaired) electrons. The van der Waals surface area contributed by atoms with Crippen molar-refractivity contribution in [1.29, 1.82) is 0 Å². The number of fused-ring (bicyclic) bond motifs is 1. The lowest BCUT2D eigenvalue weighted by Crippen LogP contribution is -2.42. The lowest BCUT2D eigenvalue weighted by molar-refractivity contribution is 0.0837. The van der Waals surface area contributed by atoms with Crippen LogP contribution in [0.15, 0.2) is 35.3 Å². The second-order valence-corrected chi connectivity index (χ2v) is 10.6. The largest absolute Gasteiger partial charge is 0.485 e. The molecule has 1 aromatic carbocycles. The molecular weight excluding hydrogens is 496 g/mol. The van der Waals surface area contributed by atoms with Crippen molar-refractivity contribution in [2.24, 2.45) is 0 Å². The van der Waals surface area contributed by atoms with Gasteiger partial charge >= 0.3 is 0 Å². The number of amides is 1. The van der Waals surface area contributed by atoms with Crippen molar-refractivity contribution >= 4 is 11.7 Å². The van der Waals surface area contributed by atoms with Crippen LogP contribution in [0.4, 0.5) is 5.82 Å². The standard InChI is InChI=1S/C29H38N6O4/c1-19-24-10-11-35(14-21(24)8-9-26(19)38-16-27-20(2)33-18-39-27)15-23(36)13-30-29(37)25-12-28(32-17-31-25)34-22-6-4-3-5-7-22/h8-9,12,17-18,22-23,36H,3-7,10-11,13-16H2,1-2H3,(H,30,37)(H,31,32,34)/t23-/m0/s1. The molecule has 1 aliphatic carbocycles. The fraction of sp³-hybridized carbons (Fsp3) is 0.517. The minimum atomic E-state index is -0.689. The van der Waals surface area contributed by atoms with Gasteiger partial charge in [0.2, 0.25) is 0 Å². The summed E-state index contributed by atoms with van der Waals surface area (Å²) in [6.45, 7) is 6.53. The van der Waals surface area contributed by atoms with E-state index in [1.54, 1.807) is 6.07 Å². The van der Waals surface area contributed by atoms with E-state index in [1.807, 2.05) is 13.0 Å². The highest BCUT2D eigenvalue weighted by Gasteiger charge is 2.22. The third kappa shape index (κ3) is 6.93. The molecule has 5 rings (SSSR count). The minimum Gasteiger partial charge on any atom is -0.485 e. The van der Waals surface area contributed by atoms with E-state index in [1.165, 1.54) is 43.1 Å². The molecule has 10 heteroatoms. The summed E-state index contributed by atoms with van der Waals surface area (Å²) in [6, 6.07) is 6.18. The second-order valence-electron chi connectivity index (χ2n) is 10.6. The van der Waals surface area contributed by atoms with Crippen molar-refractivity contribution in [3.63, 3.8) is 0 Å². The van der Waals surface area contributed by atoms with Crippen LogP contribution >= 0.6 is 0 Å². The third-order valence-corrected chi connectivity index (χ3v) is 7.75. The summed E-state index contributed by atoms with van der Waals surface area (Å²) in [7, 11) is 0. The summed E-state index contributed by atoms with van der Waals surface area (Å²) >= 11 is 0. The van der Waals surface area contributed by atoms with Gasteiger partial charge in [0, 0.05) is 38.3 Å². The topological polar surface area (TPSA) is 126 Å². The molecule has 3 heterocycles. The Balaban J connectivity index is 1.09. The molecule has 1 amide bonds. The molecule has 0 unspecified atom stereocenters. The molecule has 1 aliphatic heterocycles. The molecule has 0 bridgehead atoms. The van der Waals surface area contributed by atoms with Gasteiger partial charge in [-0.25, -0.2) is 15.0 Å². The Kier molecular flexibility index (Phi) is 8.73. The van der Waals surface area contributed by atoms with E-state index in [2.05, 4.69) is 43.5 Å². The molecule has 208 valence electrons. The number of aliphatic hydroxyl groups excluding tert-OH is 1. The number of anilines is 1. The predicted octanol–water partition coefficient (Wildman–Crippen LogP) is 3.55. The quantitative estimate of drug-likeness (QED) is 0.358. The van der Waals surface area contributed by atoms with E-state index in [4.69, 9.17) is 9.15 Å². The van der Waals surface area contributed by atoms with Crippen molar-refractivity contribution in [3.05, 3.63) is 64.8 Å². The van der Waals surface area contributed by atoms with E-state index in [0.29, 0.717) is 30.7 Å². The summed E-state index contributed by atoms with van der Waals surface area (Å²) < 4.78 is 11.4. The molecule has 2 aromatic heterocycles. The van der Waals surface area contributed by atoms with Crippen molar-refractivity contribution < 1.29 is 19.1 Å². The fourth-order valence-electron chi connectivity index (χ4n) is 5.48. The molecule has 0 spiro atoms. The number of rotatable bonds is 10. The van der Waals surface area contributed by atoms with Gasteiger partial charge < -0.3 is 24.9 Å². The summed E-state index contributed by atoms with van der Waals surface area (Å²) in [5.41, 5.74) is 4.80. The van der Waals surface area contributed by atoms with Crippen LogP contribution in [0.2, 0.25) is 0 Å². The zero-order valence-electron chi connectivity index (χ0n) is 22.8. The number of hydrogen-bond donors (Lipinski definition) is 3. The highest BCUT2D eigenvalue weighted by molar-refractivity contribution is 5.92. The summed E-state index contributed by atoms with van der Waals surface area (Å²) in [6.07, 6.45) is 8.99. The smallest absolute Gasteiger partial charge is 0.270 e. The number of hydrogen-bond acceptors (Lipinski definition) is 9. The fourth-order valence-corrected chi connectivity index (χ4v) is 5.48. The van der Waals surface area contributed by atoms with Crippen LogP contribution in [0.1, 0.15) is 70.7 Å². The molecule has 3 aromatic rings. The number of benzene rings is 1. The van der Waals surface area contributed by atoms with Crippen molar-refractivity contribution in [2.75, 3.05) is 25.0 Å². The molecule has 10 nitrogen and oxygen atoms in total. The average Bonchev–Trinajstić information content (AvgIpc) is 3.36. The second kappa shape index (κ2) is 12.6. The lowest BCUT2D eigenvalue weighted by atomic mass is 9.94. The van der Waals surface area contributed by atoms with Crippen LogP contribution < -0.4 is 15.4 Å². The van der Waals surface area contributed by atoms with Gasteiger partial charge in [-0.3, -0.25) is 9.69 Å². The summed E-state index contributed by atoms with van der Waals surface area (Å²) in [4.78, 5) is 27.4. The van der Waals surface area contributed by atoms with Gasteiger partial charge in [0.15, 0.2) is 12.2 Å². The van der Waals surface area contributed by atoms with Gasteiger partial charge in [-0.1, -0.05) is 25.3 Å². The summed E-state index contributed by atoms with van der Waals surface area (Å²) in [5.74, 6) is 1.94. The molecule has 1 atom stereocenters. The molecule has 1 saturated carbocycles. The Labute approximate surface area is 229 Å². The minimum absolute atomic E-state index is 0.157. The normalized spacial score (nSPS) is 16.9. The van der Waals surface area contributed by atoms with Gasteiger partial charge in [-0.15, -0.1) is 0 Å². The van der Waals surface area contributed by atoms with E-state index in [-0.39, 0.29) is 12.5 Å². The first-order chi connectivity index (χ1) is 19.0. The van der Waals surface area contributed by atoms with Crippen molar-refractivity contribution in [3.8, 4) is 5.75 Å². The molecule has 2 aliphatic rings. The Morgan fingerprint density at radius 2 is 2.05 bits per heavy atom. The summed E-state index contributed by atoms with van der Waals surface area (Å²) in [5, 5.41) is 16.9. The molecule has 39 heavy (non-hydrogen) atoms. The number of nitrogens with zero attached hydrogens (tertiary/aromatic N) is 4. The predicted molar refractivity (Wildman–Crippen MR) is 147 cm³/mol. The molecule has 0 saturated heterocycles. The molecule has 3 N–H and O–H groups in total. The Bertz CT molecular complexity index is 1270. The number of oxazole rings is 1. The van der Waals surface area contributed by atoms with E-state index >= 15 is 0 Å². The SMILES string of the molecule is Cc1ncoc1COc1ccc2c(c1C)CCN(C[C@@H](O)CNC(=O)c1cc(NC3CCCCC3)ncn1)C2. The number of aliphatic hydroxyl groups is 1. The maximum Gasteiger partial charge on any atom is 0.270 e. The number of nitrogens with one attached hydrogen (secondary N) is 2. The van der Waals surface area contributed by atoms with Crippen molar-refractivity contribution in [2.45, 2.75) is 77.7 Å². The van der Waals surface area contributed by atoms with Gasteiger partial charge in [-0.2, -0.15) is 0 Å². The maximum atomic E-state index is 12.7. The number of ether oxygens (including phenoxy) is 1. The Morgan fingerprint density at radius 1 is 1.21 bits per heavy atom. The van der Waals surface area contributed by atoms with Gasteiger partial charge in [-0.05, 0) is 55.9 Å². The lowest BCUT2D eigenvalue weighted by Gasteiger charge is -2.31. The van der Waals surface area contributed by atoms with Gasteiger partial charge in [0.25, 0.3) is 5.91 Å². The highest BCUT2D eigenvalue weighted by Crippen LogP contribution is 2.30. The number of aryl methyl sites for hydroxylation is 1. The van der Waals surface area contributed by atoms with Crippen LogP contribution in [0.25, 0.3) is 0 Å². The number of carbonyl (C=O) groups is 1. The van der Waals surface area contributed by atoms with Crippen LogP contribution in [-0.2, 0) is 19.6 Å². The first-order valence-electron chi connectivity index (χ1n) is 13.9. The van der Waals surface area contributed by atoms with E-state index < -0.39 is 6.10 Å². The average molecular weight is 535 g/mol. The van der Waals surface area contributed by atoms with Crippen LogP contribution in [0.3, 0.4) is 0 Å². The van der Waals surface area contributed by atoms with Crippen LogP contribution in [-0.4, -0.2) is 62.6 Å². The van der Waals surface area contributed by atoms with E-state index in [0.717, 1.165) is 55.1 Å². The van der Waals surface area contributed by atoms with Crippen LogP contribution in [0, 0.1) is 13.8 Å². The first-order valence-corrected chi connectivity index (χ1v) is 13.9. The maximum absolute atomic E-state index is 12.7. The van der Waals surface area contributed by atoms with E-state index in [9.17, 15) is 9.90 Å². The Morgan fingerprint density at radius 3 is 2.85 bits per heavy atom. The highest BCUT2D eigenvalue weighted by atomic mass is 16.5. The first kappa shape index (κ1) is 27.1. The van der Waals surface area contributed by atoms with Gasteiger partial charge in [0.1, 0.15) is 30.2 Å². The van der Waals surface area contributed by atoms with Crippen LogP contribution in [0.5, 0.6) is 5.75 Å². The molecular formula is C29H38N6O4. The van der Waals surface area contributed by atoms with Crippen molar-refractivity contribution in [1.82, 2.24) is 25.2 Å². The third-order valence-electron chi connectivity index (χ3n) is 7.75.